The zero-order valence-electron chi connectivity index (χ0n) is 19.8. The first-order valence-electron chi connectivity index (χ1n) is 11.6. The van der Waals surface area contributed by atoms with E-state index in [0.717, 1.165) is 27.8 Å². The molecule has 1 amide bonds. The summed E-state index contributed by atoms with van der Waals surface area (Å²) in [5.41, 5.74) is 4.58. The Morgan fingerprint density at radius 2 is 1.60 bits per heavy atom. The second-order valence-corrected chi connectivity index (χ2v) is 10.7. The zero-order chi connectivity index (χ0) is 24.6. The molecular formula is C26H27N5O3S. The molecule has 35 heavy (non-hydrogen) atoms. The molecule has 0 N–H and O–H groups in total. The number of pyridine rings is 1. The maximum Gasteiger partial charge on any atom is 0.244 e. The Kier molecular flexibility index (Phi) is 6.12. The first kappa shape index (κ1) is 23.2. The lowest BCUT2D eigenvalue weighted by Gasteiger charge is -2.34. The van der Waals surface area contributed by atoms with E-state index in [9.17, 15) is 13.2 Å². The van der Waals surface area contributed by atoms with Crippen LogP contribution in [0.5, 0.6) is 0 Å². The van der Waals surface area contributed by atoms with Gasteiger partial charge in [-0.25, -0.2) is 18.1 Å². The molecule has 1 aliphatic heterocycles. The van der Waals surface area contributed by atoms with E-state index in [1.54, 1.807) is 40.0 Å². The van der Waals surface area contributed by atoms with E-state index in [-0.39, 0.29) is 30.4 Å². The fourth-order valence-corrected chi connectivity index (χ4v) is 5.94. The minimum atomic E-state index is -3.58. The average molecular weight is 490 g/mol. The maximum atomic E-state index is 13.1. The molecule has 0 radical (unpaired) electrons. The third-order valence-corrected chi connectivity index (χ3v) is 8.34. The van der Waals surface area contributed by atoms with Gasteiger partial charge in [0.05, 0.1) is 10.6 Å². The van der Waals surface area contributed by atoms with Crippen LogP contribution in [0.2, 0.25) is 0 Å². The molecule has 0 saturated carbocycles. The second-order valence-electron chi connectivity index (χ2n) is 8.76. The lowest BCUT2D eigenvalue weighted by molar-refractivity contribution is -0.133. The Hall–Kier alpha value is -3.56. The van der Waals surface area contributed by atoms with Crippen LogP contribution in [0.15, 0.2) is 71.8 Å². The molecule has 2 aromatic carbocycles. The molecule has 5 rings (SSSR count). The van der Waals surface area contributed by atoms with E-state index in [1.807, 2.05) is 50.2 Å². The molecule has 1 saturated heterocycles. The Bertz CT molecular complexity index is 1470. The largest absolute Gasteiger partial charge is 0.338 e. The summed E-state index contributed by atoms with van der Waals surface area (Å²) in [6, 6.07) is 18.8. The summed E-state index contributed by atoms with van der Waals surface area (Å²) < 4.78 is 29.0. The van der Waals surface area contributed by atoms with Crippen LogP contribution in [0, 0.1) is 13.8 Å². The van der Waals surface area contributed by atoms with Crippen molar-refractivity contribution >= 4 is 27.0 Å². The van der Waals surface area contributed by atoms with E-state index in [1.165, 1.54) is 4.31 Å². The first-order chi connectivity index (χ1) is 16.8. The molecular weight excluding hydrogens is 462 g/mol. The predicted octanol–water partition coefficient (Wildman–Crippen LogP) is 3.25. The average Bonchev–Trinajstić information content (AvgIpc) is 3.20. The van der Waals surface area contributed by atoms with Gasteiger partial charge in [-0.1, -0.05) is 48.0 Å². The SMILES string of the molecule is Cc1ccc(S(=O)(=O)N2CCN(C(=O)Cn3nc(C)c4c(-c5ccccc5)ccnc43)CC2)cc1. The van der Waals surface area contributed by atoms with Crippen LogP contribution < -0.4 is 0 Å². The summed E-state index contributed by atoms with van der Waals surface area (Å²) in [4.78, 5) is 19.6. The molecule has 0 spiro atoms. The Morgan fingerprint density at radius 1 is 0.914 bits per heavy atom. The van der Waals surface area contributed by atoms with E-state index in [0.29, 0.717) is 18.7 Å². The lowest BCUT2D eigenvalue weighted by atomic mass is 10.0. The van der Waals surface area contributed by atoms with E-state index in [4.69, 9.17) is 0 Å². The number of amides is 1. The minimum Gasteiger partial charge on any atom is -0.338 e. The molecule has 0 unspecified atom stereocenters. The number of aromatic nitrogens is 3. The summed E-state index contributed by atoms with van der Waals surface area (Å²) in [7, 11) is -3.58. The van der Waals surface area contributed by atoms with Crippen molar-refractivity contribution in [2.24, 2.45) is 0 Å². The Labute approximate surface area is 204 Å². The number of sulfonamides is 1. The summed E-state index contributed by atoms with van der Waals surface area (Å²) >= 11 is 0. The van der Waals surface area contributed by atoms with Crippen molar-refractivity contribution in [2.75, 3.05) is 26.2 Å². The number of fused-ring (bicyclic) bond motifs is 1. The van der Waals surface area contributed by atoms with Gasteiger partial charge in [0.15, 0.2) is 5.65 Å². The number of aryl methyl sites for hydroxylation is 2. The van der Waals surface area contributed by atoms with Crippen LogP contribution in [-0.2, 0) is 21.4 Å². The van der Waals surface area contributed by atoms with Crippen molar-refractivity contribution in [3.05, 3.63) is 78.1 Å². The molecule has 180 valence electrons. The molecule has 1 aliphatic rings. The molecule has 9 heteroatoms. The number of carbonyl (C=O) groups excluding carboxylic acids is 1. The van der Waals surface area contributed by atoms with Crippen LogP contribution in [-0.4, -0.2) is 64.5 Å². The van der Waals surface area contributed by atoms with Crippen LogP contribution in [0.1, 0.15) is 11.3 Å². The van der Waals surface area contributed by atoms with Gasteiger partial charge >= 0.3 is 0 Å². The molecule has 3 heterocycles. The molecule has 0 aliphatic carbocycles. The molecule has 1 fully saturated rings. The Balaban J connectivity index is 1.31. The highest BCUT2D eigenvalue weighted by molar-refractivity contribution is 7.89. The van der Waals surface area contributed by atoms with Crippen LogP contribution in [0.25, 0.3) is 22.2 Å². The number of carbonyl (C=O) groups is 1. The zero-order valence-corrected chi connectivity index (χ0v) is 20.6. The quantitative estimate of drug-likeness (QED) is 0.429. The predicted molar refractivity (Wildman–Crippen MR) is 134 cm³/mol. The van der Waals surface area contributed by atoms with Crippen LogP contribution in [0.4, 0.5) is 0 Å². The van der Waals surface area contributed by atoms with Gasteiger partial charge in [-0.15, -0.1) is 0 Å². The maximum absolute atomic E-state index is 13.1. The monoisotopic (exact) mass is 489 g/mol. The number of piperazine rings is 1. The molecule has 0 atom stereocenters. The standard InChI is InChI=1S/C26H27N5O3S/c1-19-8-10-22(11-9-19)35(33,34)30-16-14-29(15-17-30)24(32)18-31-26-25(20(2)28-31)23(12-13-27-26)21-6-4-3-5-7-21/h3-13H,14-18H2,1-2H3. The van der Waals surface area contributed by atoms with Crippen molar-refractivity contribution in [3.8, 4) is 11.1 Å². The summed E-state index contributed by atoms with van der Waals surface area (Å²) in [5, 5.41) is 5.54. The van der Waals surface area contributed by atoms with E-state index >= 15 is 0 Å². The van der Waals surface area contributed by atoms with Crippen molar-refractivity contribution in [1.29, 1.82) is 0 Å². The van der Waals surface area contributed by atoms with Gasteiger partial charge in [0.2, 0.25) is 15.9 Å². The van der Waals surface area contributed by atoms with E-state index < -0.39 is 10.0 Å². The van der Waals surface area contributed by atoms with Gasteiger partial charge in [-0.3, -0.25) is 4.79 Å². The summed E-state index contributed by atoms with van der Waals surface area (Å²) in [6.07, 6.45) is 1.74. The first-order valence-corrected chi connectivity index (χ1v) is 13.0. The third kappa shape index (κ3) is 4.44. The molecule has 4 aromatic rings. The van der Waals surface area contributed by atoms with Gasteiger partial charge in [0, 0.05) is 37.8 Å². The number of nitrogens with zero attached hydrogens (tertiary/aromatic N) is 5. The highest BCUT2D eigenvalue weighted by Gasteiger charge is 2.30. The smallest absolute Gasteiger partial charge is 0.244 e. The lowest BCUT2D eigenvalue weighted by Crippen LogP contribution is -2.51. The highest BCUT2D eigenvalue weighted by Crippen LogP contribution is 2.29. The normalized spacial score (nSPS) is 15.0. The molecule has 8 nitrogen and oxygen atoms in total. The third-order valence-electron chi connectivity index (χ3n) is 6.43. The topological polar surface area (TPSA) is 88.4 Å². The van der Waals surface area contributed by atoms with Gasteiger partial charge in [0.25, 0.3) is 0 Å². The fourth-order valence-electron chi connectivity index (χ4n) is 4.52. The van der Waals surface area contributed by atoms with Crippen molar-refractivity contribution in [3.63, 3.8) is 0 Å². The van der Waals surface area contributed by atoms with Gasteiger partial charge < -0.3 is 4.90 Å². The molecule has 0 bridgehead atoms. The van der Waals surface area contributed by atoms with E-state index in [2.05, 4.69) is 10.1 Å². The fraction of sp³-hybridized carbons (Fsp3) is 0.269. The number of benzene rings is 2. The van der Waals surface area contributed by atoms with Gasteiger partial charge in [0.1, 0.15) is 6.54 Å². The van der Waals surface area contributed by atoms with Gasteiger partial charge in [-0.2, -0.15) is 9.40 Å². The van der Waals surface area contributed by atoms with Crippen molar-refractivity contribution in [1.82, 2.24) is 24.0 Å². The van der Waals surface area contributed by atoms with Crippen LogP contribution in [0.3, 0.4) is 0 Å². The highest BCUT2D eigenvalue weighted by atomic mass is 32.2. The second kappa shape index (κ2) is 9.24. The number of rotatable bonds is 5. The Morgan fingerprint density at radius 3 is 2.29 bits per heavy atom. The summed E-state index contributed by atoms with van der Waals surface area (Å²) in [6.45, 7) is 5.10. The number of hydrogen-bond donors (Lipinski definition) is 0. The minimum absolute atomic E-state index is 0.0558. The van der Waals surface area contributed by atoms with Gasteiger partial charge in [-0.05, 0) is 43.2 Å². The number of hydrogen-bond acceptors (Lipinski definition) is 5. The van der Waals surface area contributed by atoms with Crippen molar-refractivity contribution in [2.45, 2.75) is 25.3 Å². The molecule has 2 aromatic heterocycles. The van der Waals surface area contributed by atoms with Crippen molar-refractivity contribution < 1.29 is 13.2 Å². The van der Waals surface area contributed by atoms with Crippen LogP contribution >= 0.6 is 0 Å². The summed E-state index contributed by atoms with van der Waals surface area (Å²) in [5.74, 6) is -0.103.